The first-order chi connectivity index (χ1) is 6.86. The summed E-state index contributed by atoms with van der Waals surface area (Å²) >= 11 is 0. The van der Waals surface area contributed by atoms with Gasteiger partial charge in [0.1, 0.15) is 12.1 Å². The van der Waals surface area contributed by atoms with Crippen LogP contribution in [0.1, 0.15) is 26.2 Å². The average molecular weight is 225 g/mol. The van der Waals surface area contributed by atoms with Crippen molar-refractivity contribution in [2.24, 2.45) is 11.7 Å². The van der Waals surface area contributed by atoms with Crippen molar-refractivity contribution in [1.82, 2.24) is 0 Å². The molecule has 0 saturated heterocycles. The number of carbonyl (C=O) groups excluding carboxylic acids is 1. The number of ether oxygens (including phenoxy) is 1. The molecule has 0 aromatic carbocycles. The molecule has 0 heterocycles. The molecule has 0 amide bonds. The van der Waals surface area contributed by atoms with E-state index in [-0.39, 0.29) is 12.5 Å². The molecule has 0 radical (unpaired) electrons. The Balaban J connectivity index is 2.56. The largest absolute Gasteiger partial charge is 0.462 e. The van der Waals surface area contributed by atoms with Gasteiger partial charge in [-0.2, -0.15) is 13.2 Å². The quantitative estimate of drug-likeness (QED) is 0.739. The number of hydrogen-bond acceptors (Lipinski definition) is 3. The second kappa shape index (κ2) is 4.38. The molecule has 0 spiro atoms. The van der Waals surface area contributed by atoms with Crippen LogP contribution < -0.4 is 5.73 Å². The number of alkyl halides is 3. The predicted molar refractivity (Wildman–Crippen MR) is 46.9 cm³/mol. The second-order valence-electron chi connectivity index (χ2n) is 3.72. The summed E-state index contributed by atoms with van der Waals surface area (Å²) in [6.45, 7) is 1.49. The normalized spacial score (nSPS) is 20.9. The lowest BCUT2D eigenvalue weighted by atomic mass is 9.97. The van der Waals surface area contributed by atoms with Crippen LogP contribution in [-0.4, -0.2) is 24.3 Å². The van der Waals surface area contributed by atoms with Gasteiger partial charge in [0.2, 0.25) is 0 Å². The minimum atomic E-state index is -4.55. The molecule has 1 saturated carbocycles. The first kappa shape index (κ1) is 12.3. The van der Waals surface area contributed by atoms with Gasteiger partial charge in [-0.15, -0.1) is 0 Å². The van der Waals surface area contributed by atoms with Crippen molar-refractivity contribution in [3.05, 3.63) is 0 Å². The molecule has 0 bridgehead atoms. The van der Waals surface area contributed by atoms with Gasteiger partial charge in [0, 0.05) is 0 Å². The number of halogens is 3. The van der Waals surface area contributed by atoms with E-state index in [1.165, 1.54) is 6.92 Å². The molecule has 15 heavy (non-hydrogen) atoms. The highest BCUT2D eigenvalue weighted by Crippen LogP contribution is 2.29. The van der Waals surface area contributed by atoms with Crippen LogP contribution in [0.15, 0.2) is 0 Å². The molecule has 0 unspecified atom stereocenters. The fraction of sp³-hybridized carbons (Fsp3) is 0.889. The van der Waals surface area contributed by atoms with Crippen LogP contribution in [-0.2, 0) is 9.53 Å². The number of carbonyl (C=O) groups is 1. The zero-order chi connectivity index (χ0) is 11.6. The maximum atomic E-state index is 12.3. The highest BCUT2D eigenvalue weighted by molar-refractivity contribution is 5.73. The smallest absolute Gasteiger partial charge is 0.404 e. The lowest BCUT2D eigenvalue weighted by Crippen LogP contribution is -2.47. The Morgan fingerprint density at radius 1 is 1.53 bits per heavy atom. The monoisotopic (exact) mass is 225 g/mol. The highest BCUT2D eigenvalue weighted by Gasteiger charge is 2.45. The lowest BCUT2D eigenvalue weighted by molar-refractivity contribution is -0.177. The standard InChI is InChI=1S/C9H14F3NO2/c1-2-6(7(13)9(10,11)12)8(14)15-5-3-4-5/h5-7H,2-4,13H2,1H3/t6-,7-/m0/s1. The zero-order valence-corrected chi connectivity index (χ0v) is 8.38. The first-order valence-corrected chi connectivity index (χ1v) is 4.89. The molecule has 88 valence electrons. The van der Waals surface area contributed by atoms with Crippen LogP contribution in [0.4, 0.5) is 13.2 Å². The Labute approximate surface area is 85.8 Å². The van der Waals surface area contributed by atoms with Crippen molar-refractivity contribution in [1.29, 1.82) is 0 Å². The molecule has 1 fully saturated rings. The summed E-state index contributed by atoms with van der Waals surface area (Å²) in [5.41, 5.74) is 4.98. The number of hydrogen-bond donors (Lipinski definition) is 1. The van der Waals surface area contributed by atoms with Gasteiger partial charge in [0.05, 0.1) is 5.92 Å². The third-order valence-electron chi connectivity index (χ3n) is 2.36. The van der Waals surface area contributed by atoms with Crippen LogP contribution in [0.3, 0.4) is 0 Å². The van der Waals surface area contributed by atoms with Crippen molar-refractivity contribution in [3.8, 4) is 0 Å². The summed E-state index contributed by atoms with van der Waals surface area (Å²) in [6.07, 6.45) is -3.23. The van der Waals surface area contributed by atoms with Gasteiger partial charge in [-0.3, -0.25) is 4.79 Å². The van der Waals surface area contributed by atoms with Crippen molar-refractivity contribution in [2.45, 2.75) is 44.5 Å². The Morgan fingerprint density at radius 2 is 2.07 bits per heavy atom. The van der Waals surface area contributed by atoms with Crippen molar-refractivity contribution in [2.75, 3.05) is 0 Å². The van der Waals surface area contributed by atoms with Gasteiger partial charge in [-0.1, -0.05) is 6.92 Å². The van der Waals surface area contributed by atoms with E-state index >= 15 is 0 Å². The SMILES string of the molecule is CC[C@H](C(=O)OC1CC1)[C@H](N)C(F)(F)F. The van der Waals surface area contributed by atoms with Gasteiger partial charge in [0.25, 0.3) is 0 Å². The lowest BCUT2D eigenvalue weighted by Gasteiger charge is -2.23. The summed E-state index contributed by atoms with van der Waals surface area (Å²) in [7, 11) is 0. The Kier molecular flexibility index (Phi) is 3.59. The van der Waals surface area contributed by atoms with Gasteiger partial charge in [0.15, 0.2) is 0 Å². The van der Waals surface area contributed by atoms with E-state index in [0.717, 1.165) is 12.8 Å². The molecule has 0 aromatic heterocycles. The van der Waals surface area contributed by atoms with Crippen LogP contribution in [0.2, 0.25) is 0 Å². The Hall–Kier alpha value is -0.780. The summed E-state index contributed by atoms with van der Waals surface area (Å²) < 4.78 is 41.6. The molecule has 6 heteroatoms. The number of rotatable bonds is 4. The number of esters is 1. The van der Waals surface area contributed by atoms with Crippen molar-refractivity contribution < 1.29 is 22.7 Å². The second-order valence-corrected chi connectivity index (χ2v) is 3.72. The molecule has 2 atom stereocenters. The van der Waals surface area contributed by atoms with E-state index < -0.39 is 24.1 Å². The van der Waals surface area contributed by atoms with E-state index in [2.05, 4.69) is 0 Å². The van der Waals surface area contributed by atoms with Gasteiger partial charge < -0.3 is 10.5 Å². The van der Waals surface area contributed by atoms with E-state index in [1.54, 1.807) is 0 Å². The maximum Gasteiger partial charge on any atom is 0.404 e. The molecule has 1 aliphatic carbocycles. The molecular weight excluding hydrogens is 211 g/mol. The summed E-state index contributed by atoms with van der Waals surface area (Å²) in [4.78, 5) is 11.3. The molecule has 0 aromatic rings. The van der Waals surface area contributed by atoms with Crippen LogP contribution in [0, 0.1) is 5.92 Å². The first-order valence-electron chi connectivity index (χ1n) is 4.89. The minimum Gasteiger partial charge on any atom is -0.462 e. The van der Waals surface area contributed by atoms with E-state index in [4.69, 9.17) is 10.5 Å². The topological polar surface area (TPSA) is 52.3 Å². The molecule has 1 aliphatic rings. The highest BCUT2D eigenvalue weighted by atomic mass is 19.4. The van der Waals surface area contributed by atoms with E-state index in [0.29, 0.717) is 0 Å². The van der Waals surface area contributed by atoms with Crippen molar-refractivity contribution in [3.63, 3.8) is 0 Å². The average Bonchev–Trinajstić information content (AvgIpc) is 2.87. The van der Waals surface area contributed by atoms with Gasteiger partial charge in [-0.25, -0.2) is 0 Å². The zero-order valence-electron chi connectivity index (χ0n) is 8.38. The van der Waals surface area contributed by atoms with Crippen LogP contribution >= 0.6 is 0 Å². The van der Waals surface area contributed by atoms with E-state index in [9.17, 15) is 18.0 Å². The van der Waals surface area contributed by atoms with Crippen molar-refractivity contribution >= 4 is 5.97 Å². The maximum absolute atomic E-state index is 12.3. The molecule has 2 N–H and O–H groups in total. The third kappa shape index (κ3) is 3.37. The minimum absolute atomic E-state index is 0.0340. The van der Waals surface area contributed by atoms with Gasteiger partial charge in [-0.05, 0) is 19.3 Å². The third-order valence-corrected chi connectivity index (χ3v) is 2.36. The molecular formula is C9H14F3NO2. The summed E-state index contributed by atoms with van der Waals surface area (Å²) in [6, 6.07) is -2.13. The Morgan fingerprint density at radius 3 is 2.40 bits per heavy atom. The molecule has 0 aliphatic heterocycles. The summed E-state index contributed by atoms with van der Waals surface area (Å²) in [5.74, 6) is -2.12. The fourth-order valence-electron chi connectivity index (χ4n) is 1.23. The molecule has 3 nitrogen and oxygen atoms in total. The summed E-state index contributed by atoms with van der Waals surface area (Å²) in [5, 5.41) is 0. The van der Waals surface area contributed by atoms with Gasteiger partial charge >= 0.3 is 12.1 Å². The van der Waals surface area contributed by atoms with Crippen LogP contribution in [0.25, 0.3) is 0 Å². The van der Waals surface area contributed by atoms with E-state index in [1.807, 2.05) is 0 Å². The predicted octanol–water partition coefficient (Wildman–Crippen LogP) is 1.61. The molecule has 1 rings (SSSR count). The fourth-order valence-corrected chi connectivity index (χ4v) is 1.23. The van der Waals surface area contributed by atoms with Crippen LogP contribution in [0.5, 0.6) is 0 Å². The number of nitrogens with two attached hydrogens (primary N) is 1. The Bertz CT molecular complexity index is 238.